The average Bonchev–Trinajstić information content (AvgIpc) is 2.52. The standard InChI is InChI=1S/C17H28N4O2/c1-13(15-12-18-7-8-19-15)21-9-5-14(6-10-21)11-20-16(22)23-17(2,3)4/h7-8,12-14H,5-6,9-11H2,1-4H3,(H,20,22). The minimum absolute atomic E-state index is 0.281. The van der Waals surface area contributed by atoms with Crippen molar-refractivity contribution in [2.24, 2.45) is 5.92 Å². The van der Waals surface area contributed by atoms with E-state index >= 15 is 0 Å². The third kappa shape index (κ3) is 5.78. The van der Waals surface area contributed by atoms with Gasteiger partial charge in [0.1, 0.15) is 5.60 Å². The molecule has 1 unspecified atom stereocenters. The van der Waals surface area contributed by atoms with E-state index in [2.05, 4.69) is 27.1 Å². The zero-order valence-corrected chi connectivity index (χ0v) is 14.6. The van der Waals surface area contributed by atoms with Gasteiger partial charge < -0.3 is 10.1 Å². The molecule has 1 fully saturated rings. The van der Waals surface area contributed by atoms with Crippen LogP contribution in [0, 0.1) is 5.92 Å². The Bertz CT molecular complexity index is 493. The highest BCUT2D eigenvalue weighted by molar-refractivity contribution is 5.67. The zero-order chi connectivity index (χ0) is 16.9. The molecular formula is C17H28N4O2. The largest absolute Gasteiger partial charge is 0.444 e. The van der Waals surface area contributed by atoms with Crippen molar-refractivity contribution in [1.82, 2.24) is 20.2 Å². The number of nitrogens with zero attached hydrogens (tertiary/aromatic N) is 3. The Kier molecular flexibility index (Phi) is 5.93. The van der Waals surface area contributed by atoms with Gasteiger partial charge >= 0.3 is 6.09 Å². The number of likely N-dealkylation sites (tertiary alicyclic amines) is 1. The lowest BCUT2D eigenvalue weighted by molar-refractivity contribution is 0.0505. The number of piperidine rings is 1. The second-order valence-corrected chi connectivity index (χ2v) is 7.17. The number of amides is 1. The van der Waals surface area contributed by atoms with E-state index in [1.165, 1.54) is 0 Å². The molecule has 2 rings (SSSR count). The number of alkyl carbamates (subject to hydrolysis) is 1. The van der Waals surface area contributed by atoms with Gasteiger partial charge in [0.2, 0.25) is 0 Å². The van der Waals surface area contributed by atoms with E-state index in [1.807, 2.05) is 27.0 Å². The molecule has 23 heavy (non-hydrogen) atoms. The molecule has 6 heteroatoms. The number of carbonyl (C=O) groups excluding carboxylic acids is 1. The normalized spacial score (nSPS) is 18.4. The first-order valence-corrected chi connectivity index (χ1v) is 8.32. The van der Waals surface area contributed by atoms with Gasteiger partial charge in [-0.25, -0.2) is 4.79 Å². The fraction of sp³-hybridized carbons (Fsp3) is 0.706. The molecule has 2 heterocycles. The summed E-state index contributed by atoms with van der Waals surface area (Å²) in [7, 11) is 0. The molecule has 128 valence electrons. The Labute approximate surface area is 138 Å². The van der Waals surface area contributed by atoms with Crippen molar-refractivity contribution >= 4 is 6.09 Å². The molecule has 0 aliphatic carbocycles. The van der Waals surface area contributed by atoms with Gasteiger partial charge in [-0.05, 0) is 59.5 Å². The Morgan fingerprint density at radius 1 is 1.39 bits per heavy atom. The molecule has 1 amide bonds. The van der Waals surface area contributed by atoms with Gasteiger partial charge in [0.05, 0.1) is 11.7 Å². The summed E-state index contributed by atoms with van der Waals surface area (Å²) in [5, 5.41) is 2.88. The number of hydrogen-bond acceptors (Lipinski definition) is 5. The van der Waals surface area contributed by atoms with Crippen molar-refractivity contribution in [3.63, 3.8) is 0 Å². The summed E-state index contributed by atoms with van der Waals surface area (Å²) >= 11 is 0. The molecule has 6 nitrogen and oxygen atoms in total. The van der Waals surface area contributed by atoms with Crippen LogP contribution in [0.4, 0.5) is 4.79 Å². The summed E-state index contributed by atoms with van der Waals surface area (Å²) in [5.41, 5.74) is 0.567. The van der Waals surface area contributed by atoms with Crippen LogP contribution in [-0.2, 0) is 4.74 Å². The van der Waals surface area contributed by atoms with E-state index in [-0.39, 0.29) is 12.1 Å². The van der Waals surface area contributed by atoms with E-state index < -0.39 is 5.60 Å². The summed E-state index contributed by atoms with van der Waals surface area (Å²) in [4.78, 5) is 22.7. The number of carbonyl (C=O) groups is 1. The van der Waals surface area contributed by atoms with E-state index in [9.17, 15) is 4.79 Å². The Balaban J connectivity index is 1.73. The molecule has 0 bridgehead atoms. The van der Waals surface area contributed by atoms with Crippen LogP contribution in [-0.4, -0.2) is 46.2 Å². The van der Waals surface area contributed by atoms with Crippen molar-refractivity contribution < 1.29 is 9.53 Å². The van der Waals surface area contributed by atoms with E-state index in [0.29, 0.717) is 12.5 Å². The van der Waals surface area contributed by atoms with Crippen molar-refractivity contribution in [1.29, 1.82) is 0 Å². The first-order valence-electron chi connectivity index (χ1n) is 8.32. The highest BCUT2D eigenvalue weighted by atomic mass is 16.6. The molecule has 1 aromatic rings. The van der Waals surface area contributed by atoms with E-state index in [0.717, 1.165) is 31.6 Å². The molecule has 1 saturated heterocycles. The van der Waals surface area contributed by atoms with E-state index in [4.69, 9.17) is 4.74 Å². The van der Waals surface area contributed by atoms with Crippen molar-refractivity contribution in [2.75, 3.05) is 19.6 Å². The van der Waals surface area contributed by atoms with Crippen LogP contribution in [0.2, 0.25) is 0 Å². The van der Waals surface area contributed by atoms with Crippen LogP contribution in [0.5, 0.6) is 0 Å². The molecule has 1 aliphatic rings. The predicted octanol–water partition coefficient (Wildman–Crippen LogP) is 2.77. The number of rotatable bonds is 4. The third-order valence-electron chi connectivity index (χ3n) is 4.14. The average molecular weight is 320 g/mol. The Hall–Kier alpha value is -1.69. The predicted molar refractivity (Wildman–Crippen MR) is 89.0 cm³/mol. The lowest BCUT2D eigenvalue weighted by atomic mass is 9.95. The fourth-order valence-corrected chi connectivity index (χ4v) is 2.80. The number of nitrogens with one attached hydrogen (secondary N) is 1. The molecule has 1 N–H and O–H groups in total. The van der Waals surface area contributed by atoms with Gasteiger partial charge in [-0.1, -0.05) is 0 Å². The second-order valence-electron chi connectivity index (χ2n) is 7.17. The highest BCUT2D eigenvalue weighted by Gasteiger charge is 2.25. The molecule has 1 aromatic heterocycles. The molecule has 0 radical (unpaired) electrons. The molecule has 0 spiro atoms. The maximum absolute atomic E-state index is 11.7. The molecule has 1 atom stereocenters. The fourth-order valence-electron chi connectivity index (χ4n) is 2.80. The van der Waals surface area contributed by atoms with Crippen LogP contribution < -0.4 is 5.32 Å². The van der Waals surface area contributed by atoms with Crippen LogP contribution in [0.25, 0.3) is 0 Å². The minimum Gasteiger partial charge on any atom is -0.444 e. The van der Waals surface area contributed by atoms with Gasteiger partial charge in [-0.15, -0.1) is 0 Å². The van der Waals surface area contributed by atoms with E-state index in [1.54, 1.807) is 12.4 Å². The Morgan fingerprint density at radius 3 is 2.65 bits per heavy atom. The van der Waals surface area contributed by atoms with Crippen molar-refractivity contribution in [3.05, 3.63) is 24.3 Å². The van der Waals surface area contributed by atoms with Crippen LogP contribution in [0.15, 0.2) is 18.6 Å². The SMILES string of the molecule is CC(c1cnccn1)N1CCC(CNC(=O)OC(C)(C)C)CC1. The molecule has 1 aliphatic heterocycles. The minimum atomic E-state index is -0.445. The van der Waals surface area contributed by atoms with Gasteiger partial charge in [0, 0.05) is 25.1 Å². The maximum atomic E-state index is 11.7. The van der Waals surface area contributed by atoms with Crippen LogP contribution in [0.1, 0.15) is 52.3 Å². The smallest absolute Gasteiger partial charge is 0.407 e. The maximum Gasteiger partial charge on any atom is 0.407 e. The second kappa shape index (κ2) is 7.73. The topological polar surface area (TPSA) is 67.4 Å². The van der Waals surface area contributed by atoms with Crippen LogP contribution >= 0.6 is 0 Å². The van der Waals surface area contributed by atoms with Crippen molar-refractivity contribution in [2.45, 2.75) is 52.2 Å². The Morgan fingerprint density at radius 2 is 2.09 bits per heavy atom. The quantitative estimate of drug-likeness (QED) is 0.924. The molecule has 0 saturated carbocycles. The number of ether oxygens (including phenoxy) is 1. The highest BCUT2D eigenvalue weighted by Crippen LogP contribution is 2.24. The zero-order valence-electron chi connectivity index (χ0n) is 14.6. The summed E-state index contributed by atoms with van der Waals surface area (Å²) in [6.07, 6.45) is 7.09. The summed E-state index contributed by atoms with van der Waals surface area (Å²) in [5.74, 6) is 0.507. The third-order valence-corrected chi connectivity index (χ3v) is 4.14. The van der Waals surface area contributed by atoms with Gasteiger partial charge in [0.25, 0.3) is 0 Å². The number of aromatic nitrogens is 2. The number of hydrogen-bond donors (Lipinski definition) is 1. The summed E-state index contributed by atoms with van der Waals surface area (Å²) < 4.78 is 5.27. The lowest BCUT2D eigenvalue weighted by Gasteiger charge is -2.35. The van der Waals surface area contributed by atoms with Crippen molar-refractivity contribution in [3.8, 4) is 0 Å². The van der Waals surface area contributed by atoms with Crippen LogP contribution in [0.3, 0.4) is 0 Å². The first-order chi connectivity index (χ1) is 10.8. The summed E-state index contributed by atoms with van der Waals surface area (Å²) in [6, 6.07) is 0.281. The monoisotopic (exact) mass is 320 g/mol. The lowest BCUT2D eigenvalue weighted by Crippen LogP contribution is -2.41. The van der Waals surface area contributed by atoms with Gasteiger partial charge in [-0.2, -0.15) is 0 Å². The molecule has 0 aromatic carbocycles. The molecular weight excluding hydrogens is 292 g/mol. The van der Waals surface area contributed by atoms with Gasteiger partial charge in [-0.3, -0.25) is 14.9 Å². The first kappa shape index (κ1) is 17.7. The van der Waals surface area contributed by atoms with Gasteiger partial charge in [0.15, 0.2) is 0 Å². The summed E-state index contributed by atoms with van der Waals surface area (Å²) in [6.45, 7) is 10.5.